The summed E-state index contributed by atoms with van der Waals surface area (Å²) < 4.78 is 0. The second kappa shape index (κ2) is 6.19. The summed E-state index contributed by atoms with van der Waals surface area (Å²) in [4.78, 5) is 1.24. The van der Waals surface area contributed by atoms with Crippen molar-refractivity contribution in [3.05, 3.63) is 87.6 Å². The number of hydrogen-bond acceptors (Lipinski definition) is 3. The van der Waals surface area contributed by atoms with E-state index in [1.54, 1.807) is 11.3 Å². The van der Waals surface area contributed by atoms with Crippen LogP contribution in [0.2, 0.25) is 5.02 Å². The van der Waals surface area contributed by atoms with E-state index in [4.69, 9.17) is 16.7 Å². The Bertz CT molecular complexity index is 810. The van der Waals surface area contributed by atoms with Gasteiger partial charge in [0.25, 0.3) is 0 Å². The van der Waals surface area contributed by atoms with Crippen LogP contribution in [0.25, 0.3) is 0 Å². The van der Waals surface area contributed by atoms with E-state index in [9.17, 15) is 0 Å². The lowest BCUT2D eigenvalue weighted by Gasteiger charge is -2.24. The second-order valence-electron chi connectivity index (χ2n) is 5.48. The number of nitrogens with zero attached hydrogens (tertiary/aromatic N) is 2. The summed E-state index contributed by atoms with van der Waals surface area (Å²) >= 11 is 7.77. The Labute approximate surface area is 144 Å². The molecule has 0 spiro atoms. The van der Waals surface area contributed by atoms with Crippen molar-refractivity contribution in [1.29, 1.82) is 0 Å². The van der Waals surface area contributed by atoms with Crippen LogP contribution in [-0.4, -0.2) is 5.71 Å². The van der Waals surface area contributed by atoms with E-state index in [1.165, 1.54) is 10.4 Å². The Balaban J connectivity index is 1.75. The van der Waals surface area contributed by atoms with Gasteiger partial charge < -0.3 is 0 Å². The van der Waals surface area contributed by atoms with Crippen molar-refractivity contribution in [2.75, 3.05) is 5.01 Å². The van der Waals surface area contributed by atoms with Gasteiger partial charge in [0.1, 0.15) is 0 Å². The third-order valence-corrected chi connectivity index (χ3v) is 5.16. The molecule has 114 valence electrons. The highest BCUT2D eigenvalue weighted by molar-refractivity contribution is 7.12. The van der Waals surface area contributed by atoms with Crippen molar-refractivity contribution in [3.63, 3.8) is 0 Å². The highest BCUT2D eigenvalue weighted by atomic mass is 35.5. The Morgan fingerprint density at radius 2 is 1.74 bits per heavy atom. The zero-order valence-corrected chi connectivity index (χ0v) is 14.0. The van der Waals surface area contributed by atoms with Gasteiger partial charge >= 0.3 is 0 Å². The standard InChI is InChI=1S/C19H15ClN2S/c20-15-8-10-16(11-9-15)22-18(14-5-2-1-3-6-14)13-17(21-22)19-7-4-12-23-19/h1-12,18H,13H2/t18-/m1/s1. The van der Waals surface area contributed by atoms with E-state index in [-0.39, 0.29) is 6.04 Å². The van der Waals surface area contributed by atoms with E-state index in [0.717, 1.165) is 22.8 Å². The zero-order valence-electron chi connectivity index (χ0n) is 12.4. The van der Waals surface area contributed by atoms with E-state index in [2.05, 4.69) is 46.8 Å². The molecule has 0 fully saturated rings. The van der Waals surface area contributed by atoms with Crippen LogP contribution >= 0.6 is 22.9 Å². The van der Waals surface area contributed by atoms with Gasteiger partial charge in [-0.25, -0.2) is 0 Å². The van der Waals surface area contributed by atoms with Crippen LogP contribution in [0.4, 0.5) is 5.69 Å². The molecular weight excluding hydrogens is 324 g/mol. The molecule has 4 heteroatoms. The number of thiophene rings is 1. The molecule has 1 aromatic heterocycles. The highest BCUT2D eigenvalue weighted by Gasteiger charge is 2.30. The van der Waals surface area contributed by atoms with Crippen molar-refractivity contribution in [1.82, 2.24) is 0 Å². The van der Waals surface area contributed by atoms with E-state index in [0.29, 0.717) is 0 Å². The molecule has 0 amide bonds. The first kappa shape index (κ1) is 14.5. The maximum atomic E-state index is 6.03. The first-order chi connectivity index (χ1) is 11.3. The lowest BCUT2D eigenvalue weighted by atomic mass is 10.0. The minimum atomic E-state index is 0.217. The van der Waals surface area contributed by atoms with Gasteiger partial charge in [-0.1, -0.05) is 48.0 Å². The van der Waals surface area contributed by atoms with Gasteiger partial charge in [0.05, 0.1) is 22.3 Å². The van der Waals surface area contributed by atoms with E-state index >= 15 is 0 Å². The third kappa shape index (κ3) is 2.90. The van der Waals surface area contributed by atoms with Gasteiger partial charge in [-0.2, -0.15) is 5.10 Å². The quantitative estimate of drug-likeness (QED) is 0.593. The molecule has 0 saturated carbocycles. The predicted octanol–water partition coefficient (Wildman–Crippen LogP) is 5.76. The number of hydrogen-bond donors (Lipinski definition) is 0. The summed E-state index contributed by atoms with van der Waals surface area (Å²) in [6.07, 6.45) is 0.910. The van der Waals surface area contributed by atoms with Gasteiger partial charge in [-0.15, -0.1) is 11.3 Å². The number of benzene rings is 2. The van der Waals surface area contributed by atoms with Gasteiger partial charge in [-0.05, 0) is 41.3 Å². The van der Waals surface area contributed by atoms with Gasteiger partial charge in [0.15, 0.2) is 0 Å². The van der Waals surface area contributed by atoms with Crippen LogP contribution in [0, 0.1) is 0 Å². The van der Waals surface area contributed by atoms with Crippen LogP contribution < -0.4 is 5.01 Å². The topological polar surface area (TPSA) is 15.6 Å². The average Bonchev–Trinajstić information content (AvgIpc) is 3.26. The fourth-order valence-electron chi connectivity index (χ4n) is 2.87. The van der Waals surface area contributed by atoms with Crippen LogP contribution in [-0.2, 0) is 0 Å². The number of halogens is 1. The molecule has 0 unspecified atom stereocenters. The first-order valence-corrected chi connectivity index (χ1v) is 8.78. The minimum Gasteiger partial charge on any atom is -0.257 e. The van der Waals surface area contributed by atoms with Crippen LogP contribution in [0.3, 0.4) is 0 Å². The molecule has 23 heavy (non-hydrogen) atoms. The molecule has 1 aliphatic rings. The van der Waals surface area contributed by atoms with E-state index in [1.807, 2.05) is 30.3 Å². The van der Waals surface area contributed by atoms with Crippen LogP contribution in [0.15, 0.2) is 77.2 Å². The van der Waals surface area contributed by atoms with Crippen LogP contribution in [0.5, 0.6) is 0 Å². The smallest absolute Gasteiger partial charge is 0.0832 e. The first-order valence-electron chi connectivity index (χ1n) is 7.52. The molecule has 0 bridgehead atoms. The Morgan fingerprint density at radius 1 is 0.957 bits per heavy atom. The summed E-state index contributed by atoms with van der Waals surface area (Å²) in [5.74, 6) is 0. The summed E-state index contributed by atoms with van der Waals surface area (Å²) in [5.41, 5.74) is 3.48. The Morgan fingerprint density at radius 3 is 2.43 bits per heavy atom. The lowest BCUT2D eigenvalue weighted by molar-refractivity contribution is 0.709. The SMILES string of the molecule is Clc1ccc(N2N=C(c3cccs3)C[C@@H]2c2ccccc2)cc1. The van der Waals surface area contributed by atoms with E-state index < -0.39 is 0 Å². The molecule has 1 aliphatic heterocycles. The van der Waals surface area contributed by atoms with Gasteiger partial charge in [0, 0.05) is 11.4 Å². The zero-order chi connectivity index (χ0) is 15.6. The average molecular weight is 339 g/mol. The van der Waals surface area contributed by atoms with Crippen molar-refractivity contribution in [2.24, 2.45) is 5.10 Å². The normalized spacial score (nSPS) is 17.3. The summed E-state index contributed by atoms with van der Waals surface area (Å²) in [7, 11) is 0. The number of anilines is 1. The molecule has 2 nitrogen and oxygen atoms in total. The predicted molar refractivity (Wildman–Crippen MR) is 98.6 cm³/mol. The molecule has 0 radical (unpaired) electrons. The molecule has 2 heterocycles. The fourth-order valence-corrected chi connectivity index (χ4v) is 3.72. The van der Waals surface area contributed by atoms with Crippen molar-refractivity contribution >= 4 is 34.3 Å². The minimum absolute atomic E-state index is 0.217. The fraction of sp³-hybridized carbons (Fsp3) is 0.105. The Kier molecular flexibility index (Phi) is 3.90. The molecule has 0 aliphatic carbocycles. The van der Waals surface area contributed by atoms with Crippen molar-refractivity contribution in [2.45, 2.75) is 12.5 Å². The molecule has 0 saturated heterocycles. The number of hydrazone groups is 1. The molecule has 1 atom stereocenters. The molecule has 3 aromatic rings. The maximum Gasteiger partial charge on any atom is 0.0832 e. The summed E-state index contributed by atoms with van der Waals surface area (Å²) in [6, 6.07) is 22.9. The number of rotatable bonds is 3. The highest BCUT2D eigenvalue weighted by Crippen LogP contribution is 2.37. The summed E-state index contributed by atoms with van der Waals surface area (Å²) in [6.45, 7) is 0. The van der Waals surface area contributed by atoms with Gasteiger partial charge in [0.2, 0.25) is 0 Å². The molecule has 0 N–H and O–H groups in total. The van der Waals surface area contributed by atoms with Gasteiger partial charge in [-0.3, -0.25) is 5.01 Å². The lowest BCUT2D eigenvalue weighted by Crippen LogP contribution is -2.18. The monoisotopic (exact) mass is 338 g/mol. The van der Waals surface area contributed by atoms with Crippen molar-refractivity contribution < 1.29 is 0 Å². The molecular formula is C19H15ClN2S. The maximum absolute atomic E-state index is 6.03. The third-order valence-electron chi connectivity index (χ3n) is 3.99. The Hall–Kier alpha value is -2.10. The van der Waals surface area contributed by atoms with Crippen molar-refractivity contribution in [3.8, 4) is 0 Å². The second-order valence-corrected chi connectivity index (χ2v) is 6.86. The summed E-state index contributed by atoms with van der Waals surface area (Å²) in [5, 5.41) is 9.86. The van der Waals surface area contributed by atoms with Crippen LogP contribution in [0.1, 0.15) is 22.9 Å². The molecule has 4 rings (SSSR count). The largest absolute Gasteiger partial charge is 0.257 e. The molecule has 2 aromatic carbocycles.